The molecule has 2 saturated carbocycles. The third-order valence-electron chi connectivity index (χ3n) is 6.32. The third kappa shape index (κ3) is 5.79. The van der Waals surface area contributed by atoms with Crippen molar-refractivity contribution in [1.29, 1.82) is 0 Å². The molecule has 0 amide bonds. The molecule has 3 nitrogen and oxygen atoms in total. The number of esters is 1. The number of allylic oxidation sites excluding steroid dienone is 1. The van der Waals surface area contributed by atoms with E-state index in [9.17, 15) is 13.6 Å². The Balaban J connectivity index is 1.42. The molecule has 0 unspecified atom stereocenters. The van der Waals surface area contributed by atoms with Crippen molar-refractivity contribution in [1.82, 2.24) is 0 Å². The molecule has 28 heavy (non-hydrogen) atoms. The van der Waals surface area contributed by atoms with Crippen LogP contribution in [-0.4, -0.2) is 18.7 Å². The van der Waals surface area contributed by atoms with E-state index in [1.165, 1.54) is 24.5 Å². The van der Waals surface area contributed by atoms with Crippen LogP contribution in [0.4, 0.5) is 8.78 Å². The summed E-state index contributed by atoms with van der Waals surface area (Å²) in [6, 6.07) is 7.13. The van der Waals surface area contributed by atoms with Gasteiger partial charge in [-0.05, 0) is 93.7 Å². The van der Waals surface area contributed by atoms with Gasteiger partial charge in [-0.2, -0.15) is 8.78 Å². The zero-order chi connectivity index (χ0) is 19.9. The van der Waals surface area contributed by atoms with E-state index >= 15 is 0 Å². The summed E-state index contributed by atoms with van der Waals surface area (Å²) in [6.45, 7) is -0.955. The van der Waals surface area contributed by atoms with E-state index in [1.54, 1.807) is 18.2 Å². The van der Waals surface area contributed by atoms with Gasteiger partial charge in [-0.15, -0.1) is 0 Å². The first-order valence-electron chi connectivity index (χ1n) is 10.4. The fourth-order valence-electron chi connectivity index (χ4n) is 4.86. The molecule has 0 N–H and O–H groups in total. The number of benzene rings is 1. The van der Waals surface area contributed by atoms with Crippen LogP contribution < -0.4 is 4.74 Å². The topological polar surface area (TPSA) is 35.5 Å². The van der Waals surface area contributed by atoms with Gasteiger partial charge in [-0.25, -0.2) is 4.79 Å². The monoisotopic (exact) mass is 392 g/mol. The lowest BCUT2D eigenvalue weighted by molar-refractivity contribution is -0.145. The van der Waals surface area contributed by atoms with E-state index in [-0.39, 0.29) is 17.8 Å². The summed E-state index contributed by atoms with van der Waals surface area (Å²) in [4.78, 5) is 11.6. The highest BCUT2D eigenvalue weighted by Gasteiger charge is 2.32. The van der Waals surface area contributed by atoms with Crippen LogP contribution in [0.15, 0.2) is 36.4 Å². The first-order chi connectivity index (χ1) is 13.5. The van der Waals surface area contributed by atoms with Gasteiger partial charge in [0.2, 0.25) is 0 Å². The SMILES string of the molecule is CC=CC(=O)OC1CCC(C2CCC(c3ccc(OC(F)F)cc3)CC2)CC1. The number of hydrogen-bond donors (Lipinski definition) is 0. The summed E-state index contributed by atoms with van der Waals surface area (Å²) >= 11 is 0. The van der Waals surface area contributed by atoms with Gasteiger partial charge in [0.25, 0.3) is 0 Å². The number of ether oxygens (including phenoxy) is 2. The van der Waals surface area contributed by atoms with Crippen molar-refractivity contribution in [3.63, 3.8) is 0 Å². The predicted octanol–water partition coefficient (Wildman–Crippen LogP) is 6.24. The summed E-state index contributed by atoms with van der Waals surface area (Å²) in [5.74, 6) is 2.00. The van der Waals surface area contributed by atoms with Crippen LogP contribution in [-0.2, 0) is 9.53 Å². The lowest BCUT2D eigenvalue weighted by Gasteiger charge is -2.37. The lowest BCUT2D eigenvalue weighted by Crippen LogP contribution is -2.29. The molecular formula is C23H30F2O3. The van der Waals surface area contributed by atoms with E-state index < -0.39 is 6.61 Å². The predicted molar refractivity (Wildman–Crippen MR) is 104 cm³/mol. The summed E-state index contributed by atoms with van der Waals surface area (Å²) in [5.41, 5.74) is 1.22. The second kappa shape index (κ2) is 10.0. The van der Waals surface area contributed by atoms with Crippen LogP contribution in [0.1, 0.15) is 69.8 Å². The largest absolute Gasteiger partial charge is 0.459 e. The molecule has 5 heteroatoms. The Labute approximate surface area is 166 Å². The summed E-state index contributed by atoms with van der Waals surface area (Å²) in [6.07, 6.45) is 12.2. The molecule has 1 aromatic rings. The fourth-order valence-corrected chi connectivity index (χ4v) is 4.86. The van der Waals surface area contributed by atoms with Gasteiger partial charge < -0.3 is 9.47 Å². The molecule has 0 heterocycles. The standard InChI is InChI=1S/C23H30F2O3/c1-2-3-22(26)27-20-12-8-18(9-13-20)16-4-6-17(7-5-16)19-10-14-21(15-11-19)28-23(24)25/h2-3,10-11,14-18,20,23H,4-9,12-13H2,1H3. The summed E-state index contributed by atoms with van der Waals surface area (Å²) < 4.78 is 34.5. The number of halogens is 2. The zero-order valence-corrected chi connectivity index (χ0v) is 16.5. The maximum absolute atomic E-state index is 12.3. The second-order valence-electron chi connectivity index (χ2n) is 8.03. The van der Waals surface area contributed by atoms with Crippen LogP contribution >= 0.6 is 0 Å². The molecule has 2 aliphatic carbocycles. The molecule has 0 aromatic heterocycles. The van der Waals surface area contributed by atoms with Crippen molar-refractivity contribution in [2.24, 2.45) is 11.8 Å². The lowest BCUT2D eigenvalue weighted by atomic mass is 9.69. The van der Waals surface area contributed by atoms with Gasteiger partial charge in [0.1, 0.15) is 11.9 Å². The molecule has 0 spiro atoms. The highest BCUT2D eigenvalue weighted by molar-refractivity contribution is 5.81. The minimum absolute atomic E-state index is 0.0743. The Hall–Kier alpha value is -1.91. The Morgan fingerprint density at radius 2 is 1.54 bits per heavy atom. The van der Waals surface area contributed by atoms with Gasteiger partial charge >= 0.3 is 12.6 Å². The zero-order valence-electron chi connectivity index (χ0n) is 16.5. The smallest absolute Gasteiger partial charge is 0.387 e. The number of hydrogen-bond acceptors (Lipinski definition) is 3. The Morgan fingerprint density at radius 3 is 2.07 bits per heavy atom. The average molecular weight is 392 g/mol. The molecule has 2 fully saturated rings. The van der Waals surface area contributed by atoms with Crippen LogP contribution in [0.25, 0.3) is 0 Å². The minimum Gasteiger partial charge on any atom is -0.459 e. The van der Waals surface area contributed by atoms with Gasteiger partial charge in [0, 0.05) is 6.08 Å². The Kier molecular flexibility index (Phi) is 7.46. The molecule has 0 aliphatic heterocycles. The van der Waals surface area contributed by atoms with Crippen LogP contribution in [0.3, 0.4) is 0 Å². The molecule has 0 bridgehead atoms. The Morgan fingerprint density at radius 1 is 0.964 bits per heavy atom. The van der Waals surface area contributed by atoms with Crippen molar-refractivity contribution >= 4 is 5.97 Å². The van der Waals surface area contributed by atoms with Gasteiger partial charge in [0.05, 0.1) is 0 Å². The minimum atomic E-state index is -2.77. The van der Waals surface area contributed by atoms with Crippen molar-refractivity contribution in [2.45, 2.75) is 76.9 Å². The molecule has 0 saturated heterocycles. The van der Waals surface area contributed by atoms with Gasteiger partial charge in [0.15, 0.2) is 0 Å². The van der Waals surface area contributed by atoms with E-state index in [2.05, 4.69) is 4.74 Å². The number of carbonyl (C=O) groups excluding carboxylic acids is 1. The van der Waals surface area contributed by atoms with E-state index in [4.69, 9.17) is 4.74 Å². The van der Waals surface area contributed by atoms with E-state index in [0.29, 0.717) is 5.92 Å². The molecule has 2 aliphatic rings. The number of rotatable bonds is 6. The van der Waals surface area contributed by atoms with Crippen LogP contribution in [0, 0.1) is 11.8 Å². The molecular weight excluding hydrogens is 362 g/mol. The maximum atomic E-state index is 12.3. The average Bonchev–Trinajstić information content (AvgIpc) is 2.69. The number of alkyl halides is 2. The third-order valence-corrected chi connectivity index (χ3v) is 6.32. The first-order valence-corrected chi connectivity index (χ1v) is 10.4. The summed E-state index contributed by atoms with van der Waals surface area (Å²) in [7, 11) is 0. The fraction of sp³-hybridized carbons (Fsp3) is 0.609. The molecule has 0 atom stereocenters. The molecule has 154 valence electrons. The number of carbonyl (C=O) groups is 1. The van der Waals surface area contributed by atoms with Crippen LogP contribution in [0.2, 0.25) is 0 Å². The van der Waals surface area contributed by atoms with Gasteiger partial charge in [-0.3, -0.25) is 0 Å². The maximum Gasteiger partial charge on any atom is 0.387 e. The van der Waals surface area contributed by atoms with Gasteiger partial charge in [-0.1, -0.05) is 18.2 Å². The summed E-state index contributed by atoms with van der Waals surface area (Å²) in [5, 5.41) is 0. The highest BCUT2D eigenvalue weighted by Crippen LogP contribution is 2.43. The van der Waals surface area contributed by atoms with Crippen molar-refractivity contribution in [2.75, 3.05) is 0 Å². The van der Waals surface area contributed by atoms with E-state index in [0.717, 1.165) is 50.4 Å². The Bertz CT molecular complexity index is 640. The quantitative estimate of drug-likeness (QED) is 0.425. The van der Waals surface area contributed by atoms with E-state index in [1.807, 2.05) is 19.1 Å². The molecule has 3 rings (SSSR count). The first kappa shape index (κ1) is 20.8. The van der Waals surface area contributed by atoms with Crippen molar-refractivity contribution < 1.29 is 23.0 Å². The van der Waals surface area contributed by atoms with Crippen LogP contribution in [0.5, 0.6) is 5.75 Å². The highest BCUT2D eigenvalue weighted by atomic mass is 19.3. The molecule has 1 aromatic carbocycles. The normalized spacial score (nSPS) is 28.4. The van der Waals surface area contributed by atoms with Crippen molar-refractivity contribution in [3.8, 4) is 5.75 Å². The molecule has 0 radical (unpaired) electrons. The second-order valence-corrected chi connectivity index (χ2v) is 8.03. The van der Waals surface area contributed by atoms with Crippen molar-refractivity contribution in [3.05, 3.63) is 42.0 Å².